The summed E-state index contributed by atoms with van der Waals surface area (Å²) in [5, 5.41) is 6.32. The van der Waals surface area contributed by atoms with Gasteiger partial charge < -0.3 is 15.0 Å². The average Bonchev–Trinajstić information content (AvgIpc) is 2.96. The molecule has 126 valence electrons. The van der Waals surface area contributed by atoms with Gasteiger partial charge in [0.05, 0.1) is 5.52 Å². The third kappa shape index (κ3) is 2.33. The predicted octanol–water partition coefficient (Wildman–Crippen LogP) is 2.11. The van der Waals surface area contributed by atoms with Crippen LogP contribution in [0.15, 0.2) is 43.1 Å². The van der Waals surface area contributed by atoms with Crippen molar-refractivity contribution in [2.24, 2.45) is 17.8 Å². The fourth-order valence-corrected chi connectivity index (χ4v) is 4.11. The summed E-state index contributed by atoms with van der Waals surface area (Å²) in [6.07, 6.45) is 7.41. The number of hydrogen-bond acceptors (Lipinski definition) is 4. The highest BCUT2D eigenvalue weighted by Gasteiger charge is 2.56. The van der Waals surface area contributed by atoms with Gasteiger partial charge in [0.2, 0.25) is 5.91 Å². The molecule has 2 N–H and O–H groups in total. The van der Waals surface area contributed by atoms with Crippen LogP contribution in [0.4, 0.5) is 5.82 Å². The molecule has 6 nitrogen and oxygen atoms in total. The number of carbonyl (C=O) groups excluding carboxylic acids is 1. The van der Waals surface area contributed by atoms with Crippen molar-refractivity contribution in [2.75, 3.05) is 18.4 Å². The van der Waals surface area contributed by atoms with Crippen LogP contribution in [0.25, 0.3) is 16.6 Å². The summed E-state index contributed by atoms with van der Waals surface area (Å²) in [4.78, 5) is 20.9. The third-order valence-electron chi connectivity index (χ3n) is 5.57. The summed E-state index contributed by atoms with van der Waals surface area (Å²) < 4.78 is 2.00. The van der Waals surface area contributed by atoms with Gasteiger partial charge in [-0.3, -0.25) is 9.78 Å². The lowest BCUT2D eigenvalue weighted by atomic mass is 10.1. The number of nitrogens with one attached hydrogen (secondary N) is 2. The Morgan fingerprint density at radius 2 is 2.04 bits per heavy atom. The Kier molecular flexibility index (Phi) is 3.15. The van der Waals surface area contributed by atoms with E-state index in [1.54, 1.807) is 18.7 Å². The lowest BCUT2D eigenvalue weighted by Gasteiger charge is -2.07. The van der Waals surface area contributed by atoms with Crippen molar-refractivity contribution >= 4 is 17.2 Å². The van der Waals surface area contributed by atoms with Gasteiger partial charge in [-0.05, 0) is 55.1 Å². The molecule has 0 aromatic carbocycles. The number of carbonyl (C=O) groups is 1. The second-order valence-corrected chi connectivity index (χ2v) is 6.97. The Balaban J connectivity index is 1.44. The summed E-state index contributed by atoms with van der Waals surface area (Å²) in [6, 6.07) is 5.95. The van der Waals surface area contributed by atoms with Crippen molar-refractivity contribution in [3.63, 3.8) is 0 Å². The van der Waals surface area contributed by atoms with Crippen LogP contribution in [-0.4, -0.2) is 33.4 Å². The summed E-state index contributed by atoms with van der Waals surface area (Å²) >= 11 is 0. The number of aromatic nitrogens is 3. The van der Waals surface area contributed by atoms with Crippen LogP contribution in [0, 0.1) is 24.7 Å². The first-order chi connectivity index (χ1) is 12.2. The fraction of sp³-hybridized carbons (Fsp3) is 0.316. The molecule has 2 fully saturated rings. The maximum absolute atomic E-state index is 12.4. The molecule has 2 aliphatic rings. The molecule has 1 aliphatic heterocycles. The van der Waals surface area contributed by atoms with E-state index >= 15 is 0 Å². The molecule has 6 heteroatoms. The summed E-state index contributed by atoms with van der Waals surface area (Å²) in [6.45, 7) is 4.01. The number of rotatable bonds is 3. The van der Waals surface area contributed by atoms with Crippen molar-refractivity contribution in [1.29, 1.82) is 0 Å². The third-order valence-corrected chi connectivity index (χ3v) is 5.57. The highest BCUT2D eigenvalue weighted by atomic mass is 16.2. The summed E-state index contributed by atoms with van der Waals surface area (Å²) in [5.41, 5.74) is 4.49. The predicted molar refractivity (Wildman–Crippen MR) is 95.1 cm³/mol. The van der Waals surface area contributed by atoms with E-state index in [0.717, 1.165) is 35.3 Å². The van der Waals surface area contributed by atoms with Crippen LogP contribution in [0.5, 0.6) is 0 Å². The highest BCUT2D eigenvalue weighted by molar-refractivity contribution is 5.95. The van der Waals surface area contributed by atoms with Gasteiger partial charge in [-0.2, -0.15) is 0 Å². The van der Waals surface area contributed by atoms with Crippen molar-refractivity contribution in [3.8, 4) is 11.1 Å². The number of hydrogen-bond donors (Lipinski definition) is 2. The molecule has 3 aromatic rings. The van der Waals surface area contributed by atoms with Gasteiger partial charge in [-0.25, -0.2) is 4.98 Å². The number of anilines is 1. The Bertz CT molecular complexity index is 955. The molecule has 0 spiro atoms. The zero-order valence-electron chi connectivity index (χ0n) is 13.9. The molecule has 4 heterocycles. The maximum atomic E-state index is 12.4. The lowest BCUT2D eigenvalue weighted by molar-refractivity contribution is -0.118. The van der Waals surface area contributed by atoms with Gasteiger partial charge in [0.25, 0.3) is 0 Å². The first kappa shape index (κ1) is 14.6. The topological polar surface area (TPSA) is 71.3 Å². The van der Waals surface area contributed by atoms with E-state index in [9.17, 15) is 4.79 Å². The largest absolute Gasteiger partial charge is 0.316 e. The van der Waals surface area contributed by atoms with E-state index in [1.807, 2.05) is 22.6 Å². The van der Waals surface area contributed by atoms with Gasteiger partial charge in [0.1, 0.15) is 12.1 Å². The molecule has 1 saturated carbocycles. The quantitative estimate of drug-likeness (QED) is 0.770. The molecule has 1 unspecified atom stereocenters. The van der Waals surface area contributed by atoms with Gasteiger partial charge in [0, 0.05) is 36.1 Å². The summed E-state index contributed by atoms with van der Waals surface area (Å²) in [7, 11) is 0. The van der Waals surface area contributed by atoms with E-state index in [4.69, 9.17) is 0 Å². The van der Waals surface area contributed by atoms with E-state index in [1.165, 1.54) is 0 Å². The SMILES string of the molecule is Cc1c(-c2ccncc2)cn2cnc(NC(=O)C3[C@H]4CNC[C@@H]34)cc12. The Labute approximate surface area is 145 Å². The second-order valence-electron chi connectivity index (χ2n) is 6.97. The van der Waals surface area contributed by atoms with E-state index in [-0.39, 0.29) is 11.8 Å². The maximum Gasteiger partial charge on any atom is 0.229 e. The molecule has 25 heavy (non-hydrogen) atoms. The molecule has 0 radical (unpaired) electrons. The van der Waals surface area contributed by atoms with Gasteiger partial charge in [-0.1, -0.05) is 0 Å². The number of fused-ring (bicyclic) bond motifs is 2. The van der Waals surface area contributed by atoms with Crippen LogP contribution in [0.1, 0.15) is 5.56 Å². The van der Waals surface area contributed by atoms with Gasteiger partial charge >= 0.3 is 0 Å². The van der Waals surface area contributed by atoms with E-state index in [2.05, 4.69) is 33.7 Å². The normalized spacial score (nSPS) is 24.3. The van der Waals surface area contributed by atoms with Crippen molar-refractivity contribution in [2.45, 2.75) is 6.92 Å². The molecular formula is C19H19N5O. The molecule has 1 saturated heterocycles. The minimum Gasteiger partial charge on any atom is -0.316 e. The highest BCUT2D eigenvalue weighted by Crippen LogP contribution is 2.49. The Morgan fingerprint density at radius 3 is 2.80 bits per heavy atom. The fourth-order valence-electron chi connectivity index (χ4n) is 4.11. The Morgan fingerprint density at radius 1 is 1.28 bits per heavy atom. The minimum absolute atomic E-state index is 0.104. The first-order valence-corrected chi connectivity index (χ1v) is 8.61. The van der Waals surface area contributed by atoms with Crippen LogP contribution < -0.4 is 10.6 Å². The number of pyridine rings is 1. The molecule has 1 aliphatic carbocycles. The number of aryl methyl sites for hydroxylation is 1. The number of piperidine rings is 1. The standard InChI is InChI=1S/C19H19N5O/c1-11-15(12-2-4-20-5-3-12)9-24-10-22-17(6-16(11)24)23-19(25)18-13-7-21-8-14(13)18/h2-6,9-10,13-14,18,21H,7-8H2,1H3,(H,23,25)/t13-,14+,18?. The van der Waals surface area contributed by atoms with Crippen molar-refractivity contribution < 1.29 is 4.79 Å². The first-order valence-electron chi connectivity index (χ1n) is 8.61. The van der Waals surface area contributed by atoms with Crippen molar-refractivity contribution in [1.82, 2.24) is 19.7 Å². The van der Waals surface area contributed by atoms with Crippen molar-refractivity contribution in [3.05, 3.63) is 48.7 Å². The van der Waals surface area contributed by atoms with Crippen LogP contribution in [0.3, 0.4) is 0 Å². The van der Waals surface area contributed by atoms with E-state index < -0.39 is 0 Å². The smallest absolute Gasteiger partial charge is 0.229 e. The van der Waals surface area contributed by atoms with Crippen LogP contribution in [0.2, 0.25) is 0 Å². The average molecular weight is 333 g/mol. The zero-order valence-corrected chi connectivity index (χ0v) is 13.9. The monoisotopic (exact) mass is 333 g/mol. The molecular weight excluding hydrogens is 314 g/mol. The van der Waals surface area contributed by atoms with Crippen LogP contribution >= 0.6 is 0 Å². The molecule has 0 bridgehead atoms. The lowest BCUT2D eigenvalue weighted by Crippen LogP contribution is -2.23. The Hall–Kier alpha value is -2.73. The molecule has 3 atom stereocenters. The number of amides is 1. The van der Waals surface area contributed by atoms with Gasteiger partial charge in [-0.15, -0.1) is 0 Å². The molecule has 5 rings (SSSR count). The summed E-state index contributed by atoms with van der Waals surface area (Å²) in [5.74, 6) is 1.90. The zero-order chi connectivity index (χ0) is 17.0. The number of nitrogens with zero attached hydrogens (tertiary/aromatic N) is 3. The second kappa shape index (κ2) is 5.39. The minimum atomic E-state index is 0.104. The molecule has 3 aromatic heterocycles. The molecule has 1 amide bonds. The van der Waals surface area contributed by atoms with E-state index in [0.29, 0.717) is 17.7 Å². The van der Waals surface area contributed by atoms with Gasteiger partial charge in [0.15, 0.2) is 0 Å². The van der Waals surface area contributed by atoms with Crippen LogP contribution in [-0.2, 0) is 4.79 Å².